The van der Waals surface area contributed by atoms with Crippen molar-refractivity contribution in [2.24, 2.45) is 0 Å². The Morgan fingerprint density at radius 1 is 1.26 bits per heavy atom. The maximum atomic E-state index is 12.1. The quantitative estimate of drug-likeness (QED) is 0.820. The van der Waals surface area contributed by atoms with Gasteiger partial charge >= 0.3 is 0 Å². The van der Waals surface area contributed by atoms with Gasteiger partial charge in [0.2, 0.25) is 0 Å². The van der Waals surface area contributed by atoms with E-state index >= 15 is 0 Å². The van der Waals surface area contributed by atoms with Gasteiger partial charge in [-0.25, -0.2) is 9.97 Å². The van der Waals surface area contributed by atoms with Crippen molar-refractivity contribution in [3.63, 3.8) is 0 Å². The van der Waals surface area contributed by atoms with Crippen LogP contribution in [0.1, 0.15) is 29.9 Å². The van der Waals surface area contributed by atoms with Crippen molar-refractivity contribution in [1.82, 2.24) is 15.3 Å². The molecule has 2 N–H and O–H groups in total. The van der Waals surface area contributed by atoms with E-state index in [0.717, 1.165) is 17.7 Å². The van der Waals surface area contributed by atoms with Crippen LogP contribution in [0.15, 0.2) is 36.7 Å². The Balaban J connectivity index is 1.89. The van der Waals surface area contributed by atoms with Gasteiger partial charge in [0.15, 0.2) is 0 Å². The lowest BCUT2D eigenvalue weighted by atomic mass is 10.1. The summed E-state index contributed by atoms with van der Waals surface area (Å²) in [5.41, 5.74) is 1.46. The fraction of sp³-hybridized carbons (Fsp3) is 0.353. The number of hydrogen-bond acceptors (Lipinski definition) is 5. The van der Waals surface area contributed by atoms with Crippen molar-refractivity contribution in [1.29, 1.82) is 0 Å². The molecule has 0 spiro atoms. The topological polar surface area (TPSA) is 76.1 Å². The number of rotatable bonds is 7. The summed E-state index contributed by atoms with van der Waals surface area (Å²) in [6.45, 7) is 4.55. The standard InChI is InChI=1S/C17H22N4O2/c1-12(2)21-16-10-15(19-11-20-16)17(22)18-8-7-13-5-4-6-14(9-13)23-3/h4-6,9-12H,7-8H2,1-3H3,(H,18,22)(H,19,20,21). The first-order chi connectivity index (χ1) is 11.1. The third kappa shape index (κ3) is 5.25. The van der Waals surface area contributed by atoms with Crippen molar-refractivity contribution in [3.05, 3.63) is 47.9 Å². The van der Waals surface area contributed by atoms with Crippen LogP contribution in [0.3, 0.4) is 0 Å². The van der Waals surface area contributed by atoms with Crippen LogP contribution in [0.2, 0.25) is 0 Å². The Kier molecular flexibility index (Phi) is 5.91. The minimum atomic E-state index is -0.206. The largest absolute Gasteiger partial charge is 0.497 e. The molecule has 1 aromatic carbocycles. The minimum Gasteiger partial charge on any atom is -0.497 e. The Bertz CT molecular complexity index is 659. The van der Waals surface area contributed by atoms with Crippen LogP contribution in [0.25, 0.3) is 0 Å². The molecule has 2 aromatic rings. The van der Waals surface area contributed by atoms with Gasteiger partial charge < -0.3 is 15.4 Å². The molecule has 0 aliphatic carbocycles. The smallest absolute Gasteiger partial charge is 0.270 e. The highest BCUT2D eigenvalue weighted by Crippen LogP contribution is 2.12. The lowest BCUT2D eigenvalue weighted by Gasteiger charge is -2.10. The molecule has 6 heteroatoms. The molecule has 0 aliphatic rings. The summed E-state index contributed by atoms with van der Waals surface area (Å²) in [4.78, 5) is 20.3. The zero-order valence-electron chi connectivity index (χ0n) is 13.7. The van der Waals surface area contributed by atoms with E-state index in [-0.39, 0.29) is 11.9 Å². The number of aromatic nitrogens is 2. The fourth-order valence-electron chi connectivity index (χ4n) is 2.10. The molecule has 1 aromatic heterocycles. The van der Waals surface area contributed by atoms with E-state index < -0.39 is 0 Å². The summed E-state index contributed by atoms with van der Waals surface area (Å²) in [6, 6.07) is 9.69. The van der Waals surface area contributed by atoms with E-state index in [0.29, 0.717) is 18.1 Å². The maximum Gasteiger partial charge on any atom is 0.270 e. The first-order valence-corrected chi connectivity index (χ1v) is 7.58. The van der Waals surface area contributed by atoms with Crippen molar-refractivity contribution in [2.75, 3.05) is 19.0 Å². The number of carbonyl (C=O) groups is 1. The fourth-order valence-corrected chi connectivity index (χ4v) is 2.10. The van der Waals surface area contributed by atoms with Gasteiger partial charge in [-0.1, -0.05) is 12.1 Å². The van der Waals surface area contributed by atoms with E-state index in [4.69, 9.17) is 4.74 Å². The van der Waals surface area contributed by atoms with Crippen molar-refractivity contribution >= 4 is 11.7 Å². The van der Waals surface area contributed by atoms with Crippen LogP contribution in [0, 0.1) is 0 Å². The van der Waals surface area contributed by atoms with E-state index in [1.165, 1.54) is 6.33 Å². The summed E-state index contributed by atoms with van der Waals surface area (Å²) in [7, 11) is 1.64. The van der Waals surface area contributed by atoms with Crippen molar-refractivity contribution in [3.8, 4) is 5.75 Å². The van der Waals surface area contributed by atoms with Crippen LogP contribution in [-0.2, 0) is 6.42 Å². The van der Waals surface area contributed by atoms with Crippen molar-refractivity contribution in [2.45, 2.75) is 26.3 Å². The molecule has 0 atom stereocenters. The SMILES string of the molecule is COc1cccc(CCNC(=O)c2cc(NC(C)C)ncn2)c1. The van der Waals surface area contributed by atoms with Crippen molar-refractivity contribution < 1.29 is 9.53 Å². The molecule has 23 heavy (non-hydrogen) atoms. The number of carbonyl (C=O) groups excluding carboxylic acids is 1. The second-order valence-electron chi connectivity index (χ2n) is 5.44. The highest BCUT2D eigenvalue weighted by Gasteiger charge is 2.08. The highest BCUT2D eigenvalue weighted by atomic mass is 16.5. The first-order valence-electron chi connectivity index (χ1n) is 7.58. The molecule has 1 heterocycles. The predicted octanol–water partition coefficient (Wildman–Crippen LogP) is 2.28. The second kappa shape index (κ2) is 8.12. The third-order valence-corrected chi connectivity index (χ3v) is 3.17. The molecule has 0 aliphatic heterocycles. The molecule has 0 radical (unpaired) electrons. The van der Waals surface area contributed by atoms with E-state index in [2.05, 4.69) is 20.6 Å². The van der Waals surface area contributed by atoms with Crippen LogP contribution in [0.5, 0.6) is 5.75 Å². The van der Waals surface area contributed by atoms with Gasteiger partial charge in [-0.2, -0.15) is 0 Å². The number of methoxy groups -OCH3 is 1. The molecular weight excluding hydrogens is 292 g/mol. The molecule has 2 rings (SSSR count). The van der Waals surface area contributed by atoms with Gasteiger partial charge in [0.05, 0.1) is 7.11 Å². The van der Waals surface area contributed by atoms with E-state index in [9.17, 15) is 4.79 Å². The molecule has 122 valence electrons. The lowest BCUT2D eigenvalue weighted by Crippen LogP contribution is -2.27. The van der Waals surface area contributed by atoms with Gasteiger partial charge in [0, 0.05) is 18.7 Å². The Labute approximate surface area is 136 Å². The monoisotopic (exact) mass is 314 g/mol. The van der Waals surface area contributed by atoms with Gasteiger partial charge in [-0.15, -0.1) is 0 Å². The van der Waals surface area contributed by atoms with Crippen LogP contribution in [-0.4, -0.2) is 35.6 Å². The van der Waals surface area contributed by atoms with Gasteiger partial charge in [-0.05, 0) is 38.0 Å². The van der Waals surface area contributed by atoms with Gasteiger partial charge in [0.25, 0.3) is 5.91 Å². The third-order valence-electron chi connectivity index (χ3n) is 3.17. The summed E-state index contributed by atoms with van der Waals surface area (Å²) in [5, 5.41) is 6.02. The lowest BCUT2D eigenvalue weighted by molar-refractivity contribution is 0.0949. The Morgan fingerprint density at radius 3 is 2.83 bits per heavy atom. The zero-order chi connectivity index (χ0) is 16.7. The van der Waals surface area contributed by atoms with Crippen LogP contribution < -0.4 is 15.4 Å². The average molecular weight is 314 g/mol. The maximum absolute atomic E-state index is 12.1. The summed E-state index contributed by atoms with van der Waals surface area (Å²) < 4.78 is 5.19. The number of nitrogens with one attached hydrogen (secondary N) is 2. The molecule has 0 bridgehead atoms. The number of ether oxygens (including phenoxy) is 1. The summed E-state index contributed by atoms with van der Waals surface area (Å²) in [6.07, 6.45) is 2.12. The number of benzene rings is 1. The molecular formula is C17H22N4O2. The van der Waals surface area contributed by atoms with Gasteiger partial charge in [0.1, 0.15) is 23.6 Å². The number of anilines is 1. The van der Waals surface area contributed by atoms with Crippen LogP contribution >= 0.6 is 0 Å². The molecule has 1 amide bonds. The summed E-state index contributed by atoms with van der Waals surface area (Å²) in [5.74, 6) is 1.25. The average Bonchev–Trinajstić information content (AvgIpc) is 2.54. The number of hydrogen-bond donors (Lipinski definition) is 2. The number of nitrogens with zero attached hydrogens (tertiary/aromatic N) is 2. The molecule has 6 nitrogen and oxygen atoms in total. The minimum absolute atomic E-state index is 0.206. The summed E-state index contributed by atoms with van der Waals surface area (Å²) >= 11 is 0. The Hall–Kier alpha value is -2.63. The number of amides is 1. The Morgan fingerprint density at radius 2 is 2.09 bits per heavy atom. The van der Waals surface area contributed by atoms with Gasteiger partial charge in [-0.3, -0.25) is 4.79 Å². The first kappa shape index (κ1) is 16.7. The predicted molar refractivity (Wildman–Crippen MR) is 89.8 cm³/mol. The molecule has 0 saturated carbocycles. The highest BCUT2D eigenvalue weighted by molar-refractivity contribution is 5.92. The second-order valence-corrected chi connectivity index (χ2v) is 5.44. The molecule has 0 unspecified atom stereocenters. The zero-order valence-corrected chi connectivity index (χ0v) is 13.7. The molecule has 0 fully saturated rings. The van der Waals surface area contributed by atoms with E-state index in [1.807, 2.05) is 38.1 Å². The van der Waals surface area contributed by atoms with E-state index in [1.54, 1.807) is 13.2 Å². The van der Waals surface area contributed by atoms with Crippen LogP contribution in [0.4, 0.5) is 5.82 Å². The normalized spacial score (nSPS) is 10.4. The molecule has 0 saturated heterocycles.